The van der Waals surface area contributed by atoms with Gasteiger partial charge in [-0.15, -0.1) is 0 Å². The lowest BCUT2D eigenvalue weighted by Gasteiger charge is -2.10. The molecule has 2 heterocycles. The molecule has 4 rings (SSSR count). The van der Waals surface area contributed by atoms with Crippen molar-refractivity contribution in [2.75, 3.05) is 6.61 Å². The number of ether oxygens (including phenoxy) is 1. The van der Waals surface area contributed by atoms with Gasteiger partial charge < -0.3 is 9.30 Å². The number of hydrogen-bond donors (Lipinski definition) is 0. The molecule has 3 aromatic rings. The van der Waals surface area contributed by atoms with Gasteiger partial charge in [-0.05, 0) is 19.1 Å². The second-order valence-electron chi connectivity index (χ2n) is 5.36. The number of aromatic nitrogens is 1. The van der Waals surface area contributed by atoms with Crippen LogP contribution in [0.1, 0.15) is 6.92 Å². The molecule has 2 heteroatoms. The maximum absolute atomic E-state index is 5.55. The van der Waals surface area contributed by atoms with Gasteiger partial charge in [0.05, 0.1) is 13.2 Å². The van der Waals surface area contributed by atoms with Crippen LogP contribution in [-0.2, 0) is 11.3 Å². The molecule has 1 fully saturated rings. The van der Waals surface area contributed by atoms with Crippen LogP contribution in [0.5, 0.6) is 0 Å². The standard InChI is InChI=1S/C16H15NO/c1-16(11-18-16)10-17-14-8-4-2-6-12(14)13-7-3-5-9-15(13)17/h2-9H,10-11H2,1H3/t16-/m0/s1. The van der Waals surface area contributed by atoms with Crippen molar-refractivity contribution in [1.29, 1.82) is 0 Å². The lowest BCUT2D eigenvalue weighted by molar-refractivity contribution is 0.298. The van der Waals surface area contributed by atoms with Crippen molar-refractivity contribution in [3.8, 4) is 0 Å². The Morgan fingerprint density at radius 2 is 1.50 bits per heavy atom. The first kappa shape index (κ1) is 10.2. The van der Waals surface area contributed by atoms with E-state index >= 15 is 0 Å². The Bertz CT molecular complexity index is 684. The minimum absolute atomic E-state index is 0.0323. The third-order valence-electron chi connectivity index (χ3n) is 3.81. The maximum Gasteiger partial charge on any atom is 0.107 e. The second kappa shape index (κ2) is 3.36. The summed E-state index contributed by atoms with van der Waals surface area (Å²) < 4.78 is 7.93. The third kappa shape index (κ3) is 1.39. The molecule has 0 radical (unpaired) electrons. The van der Waals surface area contributed by atoms with Crippen molar-refractivity contribution >= 4 is 21.8 Å². The summed E-state index contributed by atoms with van der Waals surface area (Å²) in [7, 11) is 0. The van der Waals surface area contributed by atoms with Gasteiger partial charge in [0.1, 0.15) is 5.60 Å². The second-order valence-corrected chi connectivity index (χ2v) is 5.36. The van der Waals surface area contributed by atoms with Crippen LogP contribution in [0.3, 0.4) is 0 Å². The van der Waals surface area contributed by atoms with E-state index in [0.717, 1.165) is 13.2 Å². The van der Waals surface area contributed by atoms with Crippen molar-refractivity contribution in [2.24, 2.45) is 0 Å². The molecule has 0 N–H and O–H groups in total. The van der Waals surface area contributed by atoms with Crippen LogP contribution in [0.15, 0.2) is 48.5 Å². The maximum atomic E-state index is 5.55. The summed E-state index contributed by atoms with van der Waals surface area (Å²) >= 11 is 0. The Morgan fingerprint density at radius 3 is 2.00 bits per heavy atom. The summed E-state index contributed by atoms with van der Waals surface area (Å²) in [6, 6.07) is 17.2. The fraction of sp³-hybridized carbons (Fsp3) is 0.250. The molecule has 90 valence electrons. The molecule has 0 spiro atoms. The quantitative estimate of drug-likeness (QED) is 0.623. The molecule has 0 unspecified atom stereocenters. The number of fused-ring (bicyclic) bond motifs is 3. The highest BCUT2D eigenvalue weighted by Gasteiger charge is 2.40. The lowest BCUT2D eigenvalue weighted by Crippen LogP contribution is -2.15. The molecule has 1 aliphatic rings. The van der Waals surface area contributed by atoms with Crippen molar-refractivity contribution in [3.05, 3.63) is 48.5 Å². The highest BCUT2D eigenvalue weighted by Crippen LogP contribution is 2.34. The van der Waals surface area contributed by atoms with E-state index in [9.17, 15) is 0 Å². The van der Waals surface area contributed by atoms with Crippen LogP contribution in [-0.4, -0.2) is 16.8 Å². The van der Waals surface area contributed by atoms with Crippen molar-refractivity contribution < 1.29 is 4.74 Å². The third-order valence-corrected chi connectivity index (χ3v) is 3.81. The van der Waals surface area contributed by atoms with E-state index in [2.05, 4.69) is 60.0 Å². The molecule has 0 bridgehead atoms. The molecule has 2 nitrogen and oxygen atoms in total. The SMILES string of the molecule is C[C@]1(Cn2c3ccccc3c3ccccc32)CO1. The Hall–Kier alpha value is -1.80. The van der Waals surface area contributed by atoms with E-state index in [0.29, 0.717) is 0 Å². The van der Waals surface area contributed by atoms with Gasteiger partial charge in [0, 0.05) is 21.8 Å². The van der Waals surface area contributed by atoms with Crippen LogP contribution >= 0.6 is 0 Å². The molecular weight excluding hydrogens is 222 g/mol. The smallest absolute Gasteiger partial charge is 0.107 e. The van der Waals surface area contributed by atoms with Gasteiger partial charge in [0.25, 0.3) is 0 Å². The summed E-state index contributed by atoms with van der Waals surface area (Å²) in [4.78, 5) is 0. The summed E-state index contributed by atoms with van der Waals surface area (Å²) in [5, 5.41) is 2.66. The first-order valence-electron chi connectivity index (χ1n) is 6.37. The molecule has 1 aromatic heterocycles. The topological polar surface area (TPSA) is 17.5 Å². The number of hydrogen-bond acceptors (Lipinski definition) is 1. The van der Waals surface area contributed by atoms with E-state index in [1.54, 1.807) is 0 Å². The van der Waals surface area contributed by atoms with Gasteiger partial charge in [0.2, 0.25) is 0 Å². The van der Waals surface area contributed by atoms with E-state index in [4.69, 9.17) is 4.74 Å². The largest absolute Gasteiger partial charge is 0.368 e. The molecule has 18 heavy (non-hydrogen) atoms. The predicted molar refractivity (Wildman–Crippen MR) is 73.8 cm³/mol. The Kier molecular flexibility index (Phi) is 1.90. The first-order chi connectivity index (χ1) is 8.77. The van der Waals surface area contributed by atoms with Crippen LogP contribution < -0.4 is 0 Å². The molecule has 1 saturated heterocycles. The number of para-hydroxylation sites is 2. The zero-order valence-electron chi connectivity index (χ0n) is 10.4. The van der Waals surface area contributed by atoms with E-state index in [1.807, 2.05) is 0 Å². The highest BCUT2D eigenvalue weighted by molar-refractivity contribution is 6.07. The summed E-state index contributed by atoms with van der Waals surface area (Å²) in [5.74, 6) is 0. The fourth-order valence-electron chi connectivity index (χ4n) is 2.72. The van der Waals surface area contributed by atoms with Crippen molar-refractivity contribution in [2.45, 2.75) is 19.1 Å². The van der Waals surface area contributed by atoms with Gasteiger partial charge in [-0.25, -0.2) is 0 Å². The molecule has 0 amide bonds. The van der Waals surface area contributed by atoms with Crippen LogP contribution in [0.25, 0.3) is 21.8 Å². The summed E-state index contributed by atoms with van der Waals surface area (Å²) in [5.41, 5.74) is 2.63. The summed E-state index contributed by atoms with van der Waals surface area (Å²) in [6.07, 6.45) is 0. The van der Waals surface area contributed by atoms with Crippen LogP contribution in [0, 0.1) is 0 Å². The van der Waals surface area contributed by atoms with Gasteiger partial charge in [-0.1, -0.05) is 36.4 Å². The molecule has 0 aliphatic carbocycles. The number of epoxide rings is 1. The van der Waals surface area contributed by atoms with Crippen molar-refractivity contribution in [3.63, 3.8) is 0 Å². The van der Waals surface area contributed by atoms with Gasteiger partial charge in [-0.3, -0.25) is 0 Å². The Labute approximate surface area is 106 Å². The molecule has 2 aromatic carbocycles. The Morgan fingerprint density at radius 1 is 1.00 bits per heavy atom. The lowest BCUT2D eigenvalue weighted by atomic mass is 10.2. The van der Waals surface area contributed by atoms with E-state index < -0.39 is 0 Å². The zero-order valence-corrected chi connectivity index (χ0v) is 10.4. The van der Waals surface area contributed by atoms with Crippen LogP contribution in [0.4, 0.5) is 0 Å². The zero-order chi connectivity index (χ0) is 12.2. The van der Waals surface area contributed by atoms with Crippen molar-refractivity contribution in [1.82, 2.24) is 4.57 Å². The van der Waals surface area contributed by atoms with Gasteiger partial charge >= 0.3 is 0 Å². The van der Waals surface area contributed by atoms with Crippen LogP contribution in [0.2, 0.25) is 0 Å². The number of nitrogens with zero attached hydrogens (tertiary/aromatic N) is 1. The molecule has 1 aliphatic heterocycles. The number of rotatable bonds is 2. The molecule has 1 atom stereocenters. The minimum Gasteiger partial charge on any atom is -0.368 e. The highest BCUT2D eigenvalue weighted by atomic mass is 16.6. The fourth-order valence-corrected chi connectivity index (χ4v) is 2.72. The van der Waals surface area contributed by atoms with E-state index in [-0.39, 0.29) is 5.60 Å². The average Bonchev–Trinajstić information content (AvgIpc) is 3.06. The minimum atomic E-state index is 0.0323. The monoisotopic (exact) mass is 237 g/mol. The average molecular weight is 237 g/mol. The Balaban J connectivity index is 2.06. The van der Waals surface area contributed by atoms with E-state index in [1.165, 1.54) is 21.8 Å². The number of benzene rings is 2. The molecular formula is C16H15NO. The predicted octanol–water partition coefficient (Wildman–Crippen LogP) is 3.58. The molecule has 0 saturated carbocycles. The van der Waals surface area contributed by atoms with Gasteiger partial charge in [0.15, 0.2) is 0 Å². The normalized spacial score (nSPS) is 22.7. The first-order valence-corrected chi connectivity index (χ1v) is 6.37. The summed E-state index contributed by atoms with van der Waals surface area (Å²) in [6.45, 7) is 3.98. The van der Waals surface area contributed by atoms with Gasteiger partial charge in [-0.2, -0.15) is 0 Å².